The Kier molecular flexibility index (Phi) is 4.73. The fraction of sp³-hybridized carbons (Fsp3) is 0.467. The van der Waals surface area contributed by atoms with E-state index in [2.05, 4.69) is 38.8 Å². The summed E-state index contributed by atoms with van der Waals surface area (Å²) in [5.74, 6) is 0.952. The SMILES string of the molecule is Cc1nc(C#N)c(NCC(c2cccs2)N2CCOCC2)o1. The van der Waals surface area contributed by atoms with Crippen LogP contribution in [-0.2, 0) is 4.74 Å². The van der Waals surface area contributed by atoms with Gasteiger partial charge in [-0.05, 0) is 11.4 Å². The third kappa shape index (κ3) is 3.30. The highest BCUT2D eigenvalue weighted by Gasteiger charge is 2.24. The predicted molar refractivity (Wildman–Crippen MR) is 83.9 cm³/mol. The molecule has 116 valence electrons. The van der Waals surface area contributed by atoms with E-state index < -0.39 is 0 Å². The monoisotopic (exact) mass is 318 g/mol. The lowest BCUT2D eigenvalue weighted by atomic mass is 10.2. The van der Waals surface area contributed by atoms with Crippen molar-refractivity contribution in [3.05, 3.63) is 34.0 Å². The van der Waals surface area contributed by atoms with Crippen LogP contribution in [0, 0.1) is 18.3 Å². The molecule has 0 spiro atoms. The Bertz CT molecular complexity index is 641. The van der Waals surface area contributed by atoms with Crippen molar-refractivity contribution in [3.8, 4) is 6.07 Å². The Morgan fingerprint density at radius 1 is 1.50 bits per heavy atom. The van der Waals surface area contributed by atoms with Crippen molar-refractivity contribution in [2.75, 3.05) is 38.2 Å². The largest absolute Gasteiger partial charge is 0.424 e. The molecule has 0 amide bonds. The van der Waals surface area contributed by atoms with Crippen molar-refractivity contribution in [2.24, 2.45) is 0 Å². The van der Waals surface area contributed by atoms with Crippen LogP contribution in [0.2, 0.25) is 0 Å². The number of nitrogens with one attached hydrogen (secondary N) is 1. The number of morpholine rings is 1. The molecule has 1 N–H and O–H groups in total. The van der Waals surface area contributed by atoms with Gasteiger partial charge in [-0.1, -0.05) is 6.07 Å². The first kappa shape index (κ1) is 15.0. The van der Waals surface area contributed by atoms with E-state index in [1.807, 2.05) is 0 Å². The topological polar surface area (TPSA) is 74.3 Å². The molecule has 0 aliphatic carbocycles. The summed E-state index contributed by atoms with van der Waals surface area (Å²) in [5, 5.41) is 14.4. The van der Waals surface area contributed by atoms with E-state index in [1.165, 1.54) is 4.88 Å². The first-order chi connectivity index (χ1) is 10.8. The number of nitrogens with zero attached hydrogens (tertiary/aromatic N) is 3. The van der Waals surface area contributed by atoms with Crippen LogP contribution in [-0.4, -0.2) is 42.7 Å². The van der Waals surface area contributed by atoms with E-state index in [0.29, 0.717) is 24.0 Å². The van der Waals surface area contributed by atoms with E-state index in [4.69, 9.17) is 14.4 Å². The van der Waals surface area contributed by atoms with Gasteiger partial charge in [0.05, 0.1) is 19.3 Å². The number of thiophene rings is 1. The van der Waals surface area contributed by atoms with E-state index in [-0.39, 0.29) is 6.04 Å². The number of aromatic nitrogens is 1. The minimum atomic E-state index is 0.237. The van der Waals surface area contributed by atoms with Gasteiger partial charge in [-0.25, -0.2) is 4.98 Å². The van der Waals surface area contributed by atoms with Gasteiger partial charge in [0.1, 0.15) is 6.07 Å². The molecule has 0 bridgehead atoms. The van der Waals surface area contributed by atoms with Crippen LogP contribution in [0.15, 0.2) is 21.9 Å². The van der Waals surface area contributed by atoms with E-state index >= 15 is 0 Å². The summed E-state index contributed by atoms with van der Waals surface area (Å²) in [6.45, 7) is 5.74. The number of hydrogen-bond acceptors (Lipinski definition) is 7. The molecule has 6 nitrogen and oxygen atoms in total. The molecular weight excluding hydrogens is 300 g/mol. The van der Waals surface area contributed by atoms with Gasteiger partial charge in [-0.2, -0.15) is 5.26 Å². The number of ether oxygens (including phenoxy) is 1. The molecule has 1 atom stereocenters. The highest BCUT2D eigenvalue weighted by Crippen LogP contribution is 2.27. The van der Waals surface area contributed by atoms with E-state index in [9.17, 15) is 0 Å². The maximum atomic E-state index is 9.09. The fourth-order valence-electron chi connectivity index (χ4n) is 2.59. The van der Waals surface area contributed by atoms with Crippen molar-refractivity contribution >= 4 is 17.2 Å². The first-order valence-electron chi connectivity index (χ1n) is 7.24. The summed E-state index contributed by atoms with van der Waals surface area (Å²) < 4.78 is 10.9. The van der Waals surface area contributed by atoms with Gasteiger partial charge in [0.15, 0.2) is 5.89 Å². The van der Waals surface area contributed by atoms with Gasteiger partial charge in [-0.15, -0.1) is 11.3 Å². The zero-order valence-corrected chi connectivity index (χ0v) is 13.2. The summed E-state index contributed by atoms with van der Waals surface area (Å²) in [5.41, 5.74) is 0.310. The lowest BCUT2D eigenvalue weighted by Crippen LogP contribution is -2.41. The molecule has 1 aliphatic heterocycles. The molecule has 7 heteroatoms. The number of anilines is 1. The Morgan fingerprint density at radius 3 is 3.00 bits per heavy atom. The quantitative estimate of drug-likeness (QED) is 0.912. The lowest BCUT2D eigenvalue weighted by molar-refractivity contribution is 0.0193. The van der Waals surface area contributed by atoms with Gasteiger partial charge < -0.3 is 14.5 Å². The average Bonchev–Trinajstić information content (AvgIpc) is 3.18. The van der Waals surface area contributed by atoms with Crippen LogP contribution in [0.5, 0.6) is 0 Å². The third-order valence-corrected chi connectivity index (χ3v) is 4.63. The number of nitriles is 1. The van der Waals surface area contributed by atoms with Crippen LogP contribution < -0.4 is 5.32 Å². The van der Waals surface area contributed by atoms with Crippen LogP contribution in [0.25, 0.3) is 0 Å². The third-order valence-electron chi connectivity index (χ3n) is 3.65. The Labute approximate surface area is 133 Å². The lowest BCUT2D eigenvalue weighted by Gasteiger charge is -2.34. The van der Waals surface area contributed by atoms with E-state index in [1.54, 1.807) is 18.3 Å². The summed E-state index contributed by atoms with van der Waals surface area (Å²) in [4.78, 5) is 7.76. The number of hydrogen-bond donors (Lipinski definition) is 1. The van der Waals surface area contributed by atoms with Crippen molar-refractivity contribution < 1.29 is 9.15 Å². The summed E-state index contributed by atoms with van der Waals surface area (Å²) in [6.07, 6.45) is 0. The van der Waals surface area contributed by atoms with Gasteiger partial charge in [0.2, 0.25) is 11.6 Å². The molecule has 1 unspecified atom stereocenters. The fourth-order valence-corrected chi connectivity index (χ4v) is 3.45. The molecule has 0 aromatic carbocycles. The average molecular weight is 318 g/mol. The predicted octanol–water partition coefficient (Wildman–Crippen LogP) is 2.40. The second-order valence-corrected chi connectivity index (χ2v) is 6.06. The second-order valence-electron chi connectivity index (χ2n) is 5.08. The number of rotatable bonds is 5. The second kappa shape index (κ2) is 6.92. The standard InChI is InChI=1S/C15H18N4O2S/c1-11-18-12(9-16)15(21-11)17-10-13(14-3-2-8-22-14)19-4-6-20-7-5-19/h2-3,8,13,17H,4-7,10H2,1H3. The van der Waals surface area contributed by atoms with Gasteiger partial charge in [-0.3, -0.25) is 4.90 Å². The number of oxazole rings is 1. The van der Waals surface area contributed by atoms with Crippen LogP contribution >= 0.6 is 11.3 Å². The zero-order valence-electron chi connectivity index (χ0n) is 12.4. The van der Waals surface area contributed by atoms with Gasteiger partial charge >= 0.3 is 0 Å². The highest BCUT2D eigenvalue weighted by molar-refractivity contribution is 7.10. The molecule has 1 saturated heterocycles. The van der Waals surface area contributed by atoms with E-state index in [0.717, 1.165) is 26.3 Å². The van der Waals surface area contributed by atoms with Gasteiger partial charge in [0.25, 0.3) is 0 Å². The number of aryl methyl sites for hydroxylation is 1. The Balaban J connectivity index is 1.74. The van der Waals surface area contributed by atoms with Crippen LogP contribution in [0.3, 0.4) is 0 Å². The van der Waals surface area contributed by atoms with Gasteiger partial charge in [0, 0.05) is 31.4 Å². The molecule has 1 aliphatic rings. The summed E-state index contributed by atoms with van der Waals surface area (Å²) in [6, 6.07) is 6.50. The zero-order chi connectivity index (χ0) is 15.4. The van der Waals surface area contributed by atoms with Crippen molar-refractivity contribution in [1.29, 1.82) is 5.26 Å². The normalized spacial score (nSPS) is 17.1. The van der Waals surface area contributed by atoms with Crippen molar-refractivity contribution in [1.82, 2.24) is 9.88 Å². The molecule has 3 rings (SSSR count). The molecule has 2 aromatic rings. The summed E-state index contributed by atoms with van der Waals surface area (Å²) in [7, 11) is 0. The molecule has 0 radical (unpaired) electrons. The minimum absolute atomic E-state index is 0.237. The Morgan fingerprint density at radius 2 is 2.32 bits per heavy atom. The molecule has 0 saturated carbocycles. The van der Waals surface area contributed by atoms with Crippen LogP contribution in [0.4, 0.5) is 5.88 Å². The smallest absolute Gasteiger partial charge is 0.232 e. The molecular formula is C15H18N4O2S. The van der Waals surface area contributed by atoms with Crippen molar-refractivity contribution in [3.63, 3.8) is 0 Å². The molecule has 1 fully saturated rings. The highest BCUT2D eigenvalue weighted by atomic mass is 32.1. The molecule has 3 heterocycles. The summed E-state index contributed by atoms with van der Waals surface area (Å²) >= 11 is 1.74. The maximum absolute atomic E-state index is 9.09. The first-order valence-corrected chi connectivity index (χ1v) is 8.12. The molecule has 22 heavy (non-hydrogen) atoms. The van der Waals surface area contributed by atoms with Crippen molar-refractivity contribution in [2.45, 2.75) is 13.0 Å². The van der Waals surface area contributed by atoms with Crippen LogP contribution in [0.1, 0.15) is 22.5 Å². The maximum Gasteiger partial charge on any atom is 0.232 e. The molecule has 2 aromatic heterocycles. The minimum Gasteiger partial charge on any atom is -0.424 e. The Hall–Kier alpha value is -1.88.